The first-order valence-electron chi connectivity index (χ1n) is 29.7. The molecule has 6 heterocycles. The lowest BCUT2D eigenvalue weighted by atomic mass is 9.82. The molecule has 0 saturated heterocycles. The fourth-order valence-electron chi connectivity index (χ4n) is 15.0. The highest BCUT2D eigenvalue weighted by molar-refractivity contribution is 6.16. The largest absolute Gasteiger partial charge is 0.456 e. The molecule has 0 atom stereocenters. The van der Waals surface area contributed by atoms with Crippen molar-refractivity contribution in [3.8, 4) is 56.4 Å². The second-order valence-corrected chi connectivity index (χ2v) is 23.8. The smallest absolute Gasteiger partial charge is 0.164 e. The van der Waals surface area contributed by atoms with E-state index in [4.69, 9.17) is 9.40 Å². The Morgan fingerprint density at radius 1 is 0.291 bits per heavy atom. The second kappa shape index (κ2) is 17.4. The predicted octanol–water partition coefficient (Wildman–Crippen LogP) is 21.0. The third-order valence-corrected chi connectivity index (χ3v) is 19.0. The quantitative estimate of drug-likeness (QED) is 0.167. The third kappa shape index (κ3) is 6.52. The molecule has 1 aliphatic carbocycles. The summed E-state index contributed by atoms with van der Waals surface area (Å²) in [5, 5.41) is 11.7. The van der Waals surface area contributed by atoms with Crippen LogP contribution in [0.3, 0.4) is 0 Å². The van der Waals surface area contributed by atoms with E-state index >= 15 is 0 Å². The fourth-order valence-corrected chi connectivity index (χ4v) is 15.0. The molecule has 18 aromatic rings. The average Bonchev–Trinajstić information content (AvgIpc) is 2.36. The highest BCUT2D eigenvalue weighted by Gasteiger charge is 2.36. The van der Waals surface area contributed by atoms with Crippen LogP contribution in [0, 0.1) is 0 Å². The molecule has 0 fully saturated rings. The first-order chi connectivity index (χ1) is 42.4. The maximum absolute atomic E-state index is 6.29. The molecule has 0 aliphatic heterocycles. The highest BCUT2D eigenvalue weighted by Crippen LogP contribution is 2.51. The van der Waals surface area contributed by atoms with Crippen molar-refractivity contribution >= 4 is 109 Å². The van der Waals surface area contributed by atoms with Gasteiger partial charge in [0, 0.05) is 65.0 Å². The van der Waals surface area contributed by atoms with Gasteiger partial charge in [0.25, 0.3) is 0 Å². The summed E-state index contributed by atoms with van der Waals surface area (Å²) in [6.45, 7) is 4.74. The van der Waals surface area contributed by atoms with Crippen LogP contribution in [-0.2, 0) is 5.41 Å². The van der Waals surface area contributed by atoms with Crippen LogP contribution in [0.2, 0.25) is 0 Å². The Morgan fingerprint density at radius 2 is 0.767 bits per heavy atom. The summed E-state index contributed by atoms with van der Waals surface area (Å²) < 4.78 is 16.0. The summed E-state index contributed by atoms with van der Waals surface area (Å²) in [5.41, 5.74) is 22.5. The number of benzene rings is 12. The number of aromatic nitrogens is 5. The van der Waals surface area contributed by atoms with Gasteiger partial charge in [-0.15, -0.1) is 0 Å². The number of rotatable bonds is 6. The molecule has 0 spiro atoms. The minimum absolute atomic E-state index is 0.190. The molecule has 6 aromatic heterocycles. The van der Waals surface area contributed by atoms with Gasteiger partial charge in [-0.25, -0.2) is 4.98 Å². The molecule has 86 heavy (non-hydrogen) atoms. The number of pyridine rings is 1. The molecule has 402 valence electrons. The minimum Gasteiger partial charge on any atom is -0.456 e. The van der Waals surface area contributed by atoms with Gasteiger partial charge in [0.05, 0.1) is 49.8 Å². The van der Waals surface area contributed by atoms with Crippen molar-refractivity contribution in [1.82, 2.24) is 23.3 Å². The van der Waals surface area contributed by atoms with Gasteiger partial charge in [-0.3, -0.25) is 9.13 Å². The molecular formula is C80H51N5O. The van der Waals surface area contributed by atoms with Crippen LogP contribution >= 0.6 is 0 Å². The predicted molar refractivity (Wildman–Crippen MR) is 357 cm³/mol. The van der Waals surface area contributed by atoms with Crippen molar-refractivity contribution in [2.45, 2.75) is 19.3 Å². The van der Waals surface area contributed by atoms with Crippen molar-refractivity contribution < 1.29 is 4.42 Å². The van der Waals surface area contributed by atoms with Crippen molar-refractivity contribution in [1.29, 1.82) is 0 Å². The van der Waals surface area contributed by atoms with Crippen molar-refractivity contribution in [3.05, 3.63) is 284 Å². The van der Waals surface area contributed by atoms with E-state index in [2.05, 4.69) is 293 Å². The first-order valence-corrected chi connectivity index (χ1v) is 29.7. The number of nitrogens with zero attached hydrogens (tertiary/aromatic N) is 5. The van der Waals surface area contributed by atoms with Crippen LogP contribution in [0.25, 0.3) is 166 Å². The molecule has 0 radical (unpaired) electrons. The van der Waals surface area contributed by atoms with E-state index in [0.29, 0.717) is 0 Å². The summed E-state index contributed by atoms with van der Waals surface area (Å²) >= 11 is 0. The lowest BCUT2D eigenvalue weighted by Crippen LogP contribution is -2.15. The summed E-state index contributed by atoms with van der Waals surface area (Å²) in [6.07, 6.45) is 0. The molecular weight excluding hydrogens is 1050 g/mol. The molecule has 19 rings (SSSR count). The molecule has 6 nitrogen and oxygen atoms in total. The van der Waals surface area contributed by atoms with Crippen LogP contribution in [-0.4, -0.2) is 23.3 Å². The third-order valence-electron chi connectivity index (χ3n) is 19.0. The number of hydrogen-bond donors (Lipinski definition) is 0. The van der Waals surface area contributed by atoms with Crippen LogP contribution in [0.15, 0.2) is 277 Å². The van der Waals surface area contributed by atoms with Gasteiger partial charge < -0.3 is 13.6 Å². The van der Waals surface area contributed by atoms with E-state index in [1.54, 1.807) is 0 Å². The Morgan fingerprint density at radius 3 is 1.48 bits per heavy atom. The summed E-state index contributed by atoms with van der Waals surface area (Å²) in [5.74, 6) is 1.67. The van der Waals surface area contributed by atoms with E-state index in [1.165, 1.54) is 65.6 Å². The van der Waals surface area contributed by atoms with E-state index in [-0.39, 0.29) is 5.41 Å². The van der Waals surface area contributed by atoms with Gasteiger partial charge >= 0.3 is 0 Å². The van der Waals surface area contributed by atoms with Crippen LogP contribution in [0.4, 0.5) is 0 Å². The molecule has 6 heteroatoms. The number of hydrogen-bond acceptors (Lipinski definition) is 2. The Bertz CT molecular complexity index is 5940. The van der Waals surface area contributed by atoms with Crippen molar-refractivity contribution in [2.24, 2.45) is 0 Å². The molecule has 0 unspecified atom stereocenters. The normalized spacial score (nSPS) is 13.1. The fraction of sp³-hybridized carbons (Fsp3) is 0.0375. The molecule has 12 aromatic carbocycles. The Balaban J connectivity index is 0.876. The number of fused-ring (bicyclic) bond motifs is 18. The SMILES string of the molecule is CC1(C)c2ccccc2-c2cc3c4ccccc4n(-c4ccc(-n5c6ccccc6c6cc(-c7ccc8oc9ccccc9c8c7)ccc65)c(-n5c6ccccc6c6ccc(-c7ccc8c(c7)c7ccccc7n8-c7ccccc7)cc65)n4)c3cc21. The standard InChI is InChI=1S/C80H51N5O/c1-80(2)65-26-12-6-20-53(65)60-46-63-57-24-10-15-29-69(57)84(75(63)47-66(60)80)78-41-39-73(83-68-28-14-9-23-56(68)62-42-48(34-38-72(62)83)50-35-40-77-64(44-50)59-25-11-17-31-76(59)86-77)79(81-78)85-70-30-16-7-21-54(70)58-36-32-51(45-74(58)85)49-33-37-71-61(43-49)55-22-8-13-27-67(55)82(71)52-18-4-3-5-19-52/h3-47H,1-2H3. The van der Waals surface area contributed by atoms with Gasteiger partial charge in [-0.2, -0.15) is 0 Å². The van der Waals surface area contributed by atoms with Crippen LogP contribution in [0.1, 0.15) is 25.0 Å². The maximum atomic E-state index is 6.29. The zero-order valence-electron chi connectivity index (χ0n) is 47.1. The highest BCUT2D eigenvalue weighted by atomic mass is 16.3. The Hall–Kier alpha value is -11.2. The van der Waals surface area contributed by atoms with Gasteiger partial charge in [-0.05, 0) is 154 Å². The van der Waals surface area contributed by atoms with Crippen LogP contribution < -0.4 is 0 Å². The van der Waals surface area contributed by atoms with E-state index in [0.717, 1.165) is 111 Å². The molecule has 0 saturated carbocycles. The van der Waals surface area contributed by atoms with Crippen LogP contribution in [0.5, 0.6) is 0 Å². The molecule has 1 aliphatic rings. The van der Waals surface area contributed by atoms with E-state index in [1.807, 2.05) is 12.1 Å². The monoisotopic (exact) mass is 1100 g/mol. The lowest BCUT2D eigenvalue weighted by molar-refractivity contribution is 0.661. The summed E-state index contributed by atoms with van der Waals surface area (Å²) in [4.78, 5) is 6.11. The van der Waals surface area contributed by atoms with Gasteiger partial charge in [0.1, 0.15) is 17.0 Å². The topological polar surface area (TPSA) is 45.8 Å². The van der Waals surface area contributed by atoms with Gasteiger partial charge in [0.2, 0.25) is 0 Å². The van der Waals surface area contributed by atoms with Crippen molar-refractivity contribution in [3.63, 3.8) is 0 Å². The van der Waals surface area contributed by atoms with E-state index < -0.39 is 0 Å². The van der Waals surface area contributed by atoms with Gasteiger partial charge in [-0.1, -0.05) is 178 Å². The summed E-state index contributed by atoms with van der Waals surface area (Å²) in [7, 11) is 0. The average molecular weight is 1100 g/mol. The zero-order chi connectivity index (χ0) is 56.5. The minimum atomic E-state index is -0.190. The van der Waals surface area contributed by atoms with E-state index in [9.17, 15) is 0 Å². The number of para-hydroxylation sites is 6. The Kier molecular flexibility index (Phi) is 9.58. The lowest BCUT2D eigenvalue weighted by Gasteiger charge is -2.22. The maximum Gasteiger partial charge on any atom is 0.164 e. The summed E-state index contributed by atoms with van der Waals surface area (Å²) in [6, 6.07) is 100. The zero-order valence-corrected chi connectivity index (χ0v) is 47.1. The second-order valence-electron chi connectivity index (χ2n) is 23.8. The first kappa shape index (κ1) is 47.3. The Labute approximate surface area is 493 Å². The molecule has 0 N–H and O–H groups in total. The number of furan rings is 1. The molecule has 0 bridgehead atoms. The van der Waals surface area contributed by atoms with Crippen molar-refractivity contribution in [2.75, 3.05) is 0 Å². The van der Waals surface area contributed by atoms with Gasteiger partial charge in [0.15, 0.2) is 5.82 Å². The molecule has 0 amide bonds.